The maximum atomic E-state index is 4.88. The molecule has 0 amide bonds. The van der Waals surface area contributed by atoms with Crippen LogP contribution in [0.5, 0.6) is 0 Å². The van der Waals surface area contributed by atoms with Gasteiger partial charge in [-0.1, -0.05) is 72.8 Å². The van der Waals surface area contributed by atoms with Crippen LogP contribution in [0.3, 0.4) is 0 Å². The zero-order valence-corrected chi connectivity index (χ0v) is 16.2. The largest absolute Gasteiger partial charge is 0.295 e. The molecule has 0 fully saturated rings. The van der Waals surface area contributed by atoms with Crippen molar-refractivity contribution in [1.82, 2.24) is 5.43 Å². The van der Waals surface area contributed by atoms with Crippen molar-refractivity contribution >= 4 is 22.3 Å². The number of hydrogen-bond acceptors (Lipinski definition) is 3. The first-order chi connectivity index (χ1) is 13.8. The zero-order valence-electron chi connectivity index (χ0n) is 16.2. The smallest absolute Gasteiger partial charge is 0.158 e. The molecule has 3 aromatic carbocycles. The number of nitrogens with zero attached hydrogens (tertiary/aromatic N) is 2. The fourth-order valence-electron chi connectivity index (χ4n) is 4.44. The van der Waals surface area contributed by atoms with E-state index in [-0.39, 0.29) is 0 Å². The molecule has 1 aliphatic carbocycles. The van der Waals surface area contributed by atoms with E-state index in [0.717, 1.165) is 18.7 Å². The number of fused-ring (bicyclic) bond motifs is 1. The van der Waals surface area contributed by atoms with Crippen molar-refractivity contribution < 1.29 is 0 Å². The lowest BCUT2D eigenvalue weighted by molar-refractivity contribution is 0.422. The summed E-state index contributed by atoms with van der Waals surface area (Å²) in [5.41, 5.74) is 6.81. The molecule has 1 unspecified atom stereocenters. The molecule has 28 heavy (non-hydrogen) atoms. The van der Waals surface area contributed by atoms with E-state index in [1.807, 2.05) is 0 Å². The van der Waals surface area contributed by atoms with E-state index in [0.29, 0.717) is 0 Å². The third-order valence-electron chi connectivity index (χ3n) is 5.96. The Morgan fingerprint density at radius 3 is 2.50 bits per heavy atom. The number of rotatable bonds is 3. The fourth-order valence-corrected chi connectivity index (χ4v) is 4.44. The minimum atomic E-state index is -0.432. The summed E-state index contributed by atoms with van der Waals surface area (Å²) in [7, 11) is 0. The first-order valence-corrected chi connectivity index (χ1v) is 10.2. The quantitative estimate of drug-likeness (QED) is 0.621. The molecule has 1 aliphatic heterocycles. The second kappa shape index (κ2) is 6.83. The highest BCUT2D eigenvalue weighted by Gasteiger charge is 2.43. The first-order valence-electron chi connectivity index (χ1n) is 10.2. The minimum Gasteiger partial charge on any atom is -0.295 e. The van der Waals surface area contributed by atoms with Gasteiger partial charge in [0.25, 0.3) is 0 Å². The molecule has 140 valence electrons. The molecular formula is C25H25N3. The SMILES string of the molecule is CC1(c2ccccc2)NN=C(C2=CCCCC2)N1c1cccc2ccccc12. The summed E-state index contributed by atoms with van der Waals surface area (Å²) in [6.07, 6.45) is 7.11. The van der Waals surface area contributed by atoms with Gasteiger partial charge in [-0.2, -0.15) is 5.10 Å². The molecular weight excluding hydrogens is 342 g/mol. The number of benzene rings is 3. The van der Waals surface area contributed by atoms with E-state index in [1.165, 1.54) is 40.4 Å². The van der Waals surface area contributed by atoms with Crippen molar-refractivity contribution in [2.75, 3.05) is 4.90 Å². The van der Waals surface area contributed by atoms with Crippen molar-refractivity contribution in [3.05, 3.63) is 90.0 Å². The highest BCUT2D eigenvalue weighted by molar-refractivity contribution is 6.15. The Hall–Kier alpha value is -3.07. The predicted octanol–water partition coefficient (Wildman–Crippen LogP) is 5.94. The number of nitrogens with one attached hydrogen (secondary N) is 1. The molecule has 3 aromatic rings. The van der Waals surface area contributed by atoms with Gasteiger partial charge in [-0.05, 0) is 55.2 Å². The second-order valence-corrected chi connectivity index (χ2v) is 7.79. The fraction of sp³-hybridized carbons (Fsp3) is 0.240. The monoisotopic (exact) mass is 367 g/mol. The minimum absolute atomic E-state index is 0.432. The summed E-state index contributed by atoms with van der Waals surface area (Å²) in [5.74, 6) is 1.06. The summed E-state index contributed by atoms with van der Waals surface area (Å²) in [4.78, 5) is 2.40. The zero-order chi connectivity index (χ0) is 19.0. The van der Waals surface area contributed by atoms with Crippen LogP contribution >= 0.6 is 0 Å². The normalized spacial score (nSPS) is 22.0. The van der Waals surface area contributed by atoms with Crippen molar-refractivity contribution in [3.8, 4) is 0 Å². The average Bonchev–Trinajstić information content (AvgIpc) is 3.13. The summed E-state index contributed by atoms with van der Waals surface area (Å²) >= 11 is 0. The maximum absolute atomic E-state index is 4.88. The first kappa shape index (κ1) is 17.1. The highest BCUT2D eigenvalue weighted by Crippen LogP contribution is 2.40. The molecule has 0 saturated carbocycles. The summed E-state index contributed by atoms with van der Waals surface area (Å²) in [5, 5.41) is 7.38. The van der Waals surface area contributed by atoms with E-state index in [4.69, 9.17) is 5.10 Å². The van der Waals surface area contributed by atoms with Crippen molar-refractivity contribution in [3.63, 3.8) is 0 Å². The number of allylic oxidation sites excluding steroid dienone is 1. The molecule has 5 rings (SSSR count). The molecule has 2 aliphatic rings. The van der Waals surface area contributed by atoms with Gasteiger partial charge < -0.3 is 0 Å². The van der Waals surface area contributed by atoms with Gasteiger partial charge in [0.1, 0.15) is 0 Å². The van der Waals surface area contributed by atoms with Crippen LogP contribution in [-0.4, -0.2) is 5.84 Å². The Labute approximate surface area is 166 Å². The summed E-state index contributed by atoms with van der Waals surface area (Å²) in [6.45, 7) is 2.23. The lowest BCUT2D eigenvalue weighted by Crippen LogP contribution is -2.49. The molecule has 1 heterocycles. The summed E-state index contributed by atoms with van der Waals surface area (Å²) < 4.78 is 0. The van der Waals surface area contributed by atoms with Crippen molar-refractivity contribution in [2.24, 2.45) is 5.10 Å². The topological polar surface area (TPSA) is 27.6 Å². The number of anilines is 1. The molecule has 0 bridgehead atoms. The molecule has 1 N–H and O–H groups in total. The third-order valence-corrected chi connectivity index (χ3v) is 5.96. The van der Waals surface area contributed by atoms with Gasteiger partial charge in [0.2, 0.25) is 0 Å². The van der Waals surface area contributed by atoms with Gasteiger partial charge in [-0.15, -0.1) is 0 Å². The van der Waals surface area contributed by atoms with Crippen LogP contribution in [0.15, 0.2) is 89.5 Å². The van der Waals surface area contributed by atoms with Crippen LogP contribution in [0.2, 0.25) is 0 Å². The van der Waals surface area contributed by atoms with Gasteiger partial charge >= 0.3 is 0 Å². The summed E-state index contributed by atoms with van der Waals surface area (Å²) in [6, 6.07) is 25.8. The molecule has 3 nitrogen and oxygen atoms in total. The van der Waals surface area contributed by atoms with E-state index >= 15 is 0 Å². The Morgan fingerprint density at radius 1 is 0.893 bits per heavy atom. The van der Waals surface area contributed by atoms with E-state index in [9.17, 15) is 0 Å². The number of hydrogen-bond donors (Lipinski definition) is 1. The molecule has 0 saturated heterocycles. The molecule has 3 heteroatoms. The Kier molecular flexibility index (Phi) is 4.16. The third kappa shape index (κ3) is 2.70. The molecule has 0 spiro atoms. The van der Waals surface area contributed by atoms with Crippen LogP contribution in [0, 0.1) is 0 Å². The Balaban J connectivity index is 1.72. The van der Waals surface area contributed by atoms with Crippen LogP contribution < -0.4 is 10.3 Å². The van der Waals surface area contributed by atoms with Crippen LogP contribution in [0.1, 0.15) is 38.2 Å². The van der Waals surface area contributed by atoms with Gasteiger partial charge in [0.15, 0.2) is 11.5 Å². The molecule has 0 radical (unpaired) electrons. The molecule has 0 aromatic heterocycles. The average molecular weight is 367 g/mol. The lowest BCUT2D eigenvalue weighted by atomic mass is 9.94. The van der Waals surface area contributed by atoms with Crippen LogP contribution in [-0.2, 0) is 5.66 Å². The highest BCUT2D eigenvalue weighted by atomic mass is 15.5. The number of hydrazone groups is 1. The van der Waals surface area contributed by atoms with E-state index < -0.39 is 5.66 Å². The van der Waals surface area contributed by atoms with Gasteiger partial charge in [-0.25, -0.2) is 0 Å². The van der Waals surface area contributed by atoms with Crippen molar-refractivity contribution in [2.45, 2.75) is 38.3 Å². The van der Waals surface area contributed by atoms with Crippen LogP contribution in [0.4, 0.5) is 5.69 Å². The van der Waals surface area contributed by atoms with E-state index in [2.05, 4.69) is 96.1 Å². The van der Waals surface area contributed by atoms with Crippen LogP contribution in [0.25, 0.3) is 10.8 Å². The Morgan fingerprint density at radius 2 is 1.68 bits per heavy atom. The van der Waals surface area contributed by atoms with E-state index in [1.54, 1.807) is 0 Å². The van der Waals surface area contributed by atoms with Crippen molar-refractivity contribution in [1.29, 1.82) is 0 Å². The lowest BCUT2D eigenvalue weighted by Gasteiger charge is -2.38. The Bertz CT molecular complexity index is 1060. The van der Waals surface area contributed by atoms with Gasteiger partial charge in [-0.3, -0.25) is 10.3 Å². The maximum Gasteiger partial charge on any atom is 0.158 e. The second-order valence-electron chi connectivity index (χ2n) is 7.79. The van der Waals surface area contributed by atoms with Gasteiger partial charge in [0.05, 0.1) is 5.69 Å². The number of amidine groups is 1. The van der Waals surface area contributed by atoms with Gasteiger partial charge in [0, 0.05) is 5.39 Å². The predicted molar refractivity (Wildman–Crippen MR) is 117 cm³/mol. The molecule has 1 atom stereocenters. The standard InChI is InChI=1S/C25H25N3/c1-25(21-15-6-3-7-16-21)27-26-24(20-12-4-2-5-13-20)28(25)23-18-10-14-19-11-8-9-17-22(19)23/h3,6-12,14-18,27H,2,4-5,13H2,1H3.